The Bertz CT molecular complexity index is 1130. The molecule has 6 atom stereocenters. The number of Topliss-reactive ketones (excluding diaryl/α,β-unsaturated/α-hetero) is 1. The second kappa shape index (κ2) is 13.0. The lowest BCUT2D eigenvalue weighted by Crippen LogP contribution is -2.64. The molecule has 3 aliphatic carbocycles. The van der Waals surface area contributed by atoms with E-state index in [0.29, 0.717) is 31.9 Å². The maximum Gasteiger partial charge on any atom is 0.315 e. The summed E-state index contributed by atoms with van der Waals surface area (Å²) in [5, 5.41) is 8.98. The first-order chi connectivity index (χ1) is 20.5. The molecule has 0 bridgehead atoms. The van der Waals surface area contributed by atoms with Crippen molar-refractivity contribution in [3.8, 4) is 0 Å². The van der Waals surface area contributed by atoms with E-state index in [1.807, 2.05) is 6.92 Å². The smallest absolute Gasteiger partial charge is 0.315 e. The minimum absolute atomic E-state index is 0.0821. The van der Waals surface area contributed by atoms with Crippen LogP contribution in [0.3, 0.4) is 0 Å². The summed E-state index contributed by atoms with van der Waals surface area (Å²) in [6.45, 7) is 13.1. The molecule has 11 heteroatoms. The first-order valence-corrected chi connectivity index (χ1v) is 16.5. The number of ether oxygens (including phenoxy) is 1. The fourth-order valence-electron chi connectivity index (χ4n) is 8.32. The van der Waals surface area contributed by atoms with Gasteiger partial charge in [0.1, 0.15) is 12.1 Å². The van der Waals surface area contributed by atoms with E-state index in [9.17, 15) is 24.0 Å². The molecule has 0 radical (unpaired) electrons. The van der Waals surface area contributed by atoms with Crippen molar-refractivity contribution < 1.29 is 28.7 Å². The number of nitrogens with zero attached hydrogens (tertiary/aromatic N) is 1. The largest absolute Gasteiger partial charge is 0.382 e. The molecule has 4 fully saturated rings. The Labute approximate surface area is 262 Å². The number of carbonyl (C=O) groups excluding carboxylic acids is 5. The lowest BCUT2D eigenvalue weighted by molar-refractivity contribution is -0.146. The standard InChI is InChI=1S/C33H55N5O6/c1-19(2)16-33(6,18-44-7)37-30(43)36-26(32(5)13-9-8-10-14-32)29(42)38-17-21-23(31(21,3)4)24(38)28(41)35-22(15-20-11-12-20)25(39)27(34)40/h19-24,26H,8-18H2,1-7H3,(H2,34,40)(H,35,41)(H2,36,37,43)/t21?,22?,23?,24-,26+,33+/m0/s1. The van der Waals surface area contributed by atoms with Crippen molar-refractivity contribution in [3.05, 3.63) is 0 Å². The van der Waals surface area contributed by atoms with Gasteiger partial charge >= 0.3 is 6.03 Å². The quantitative estimate of drug-likeness (QED) is 0.219. The van der Waals surface area contributed by atoms with Gasteiger partial charge in [-0.15, -0.1) is 0 Å². The second-order valence-corrected chi connectivity index (χ2v) is 15.7. The summed E-state index contributed by atoms with van der Waals surface area (Å²) in [4.78, 5) is 68.3. The average molecular weight is 618 g/mol. The Morgan fingerprint density at radius 3 is 2.20 bits per heavy atom. The third-order valence-electron chi connectivity index (χ3n) is 10.9. The zero-order valence-corrected chi connectivity index (χ0v) is 27.8. The van der Waals surface area contributed by atoms with Crippen LogP contribution < -0.4 is 21.7 Å². The Morgan fingerprint density at radius 2 is 1.66 bits per heavy atom. The van der Waals surface area contributed by atoms with Gasteiger partial charge in [-0.05, 0) is 67.1 Å². The normalized spacial score (nSPS) is 27.8. The molecule has 0 spiro atoms. The Kier molecular flexibility index (Phi) is 10.1. The molecule has 3 saturated carbocycles. The zero-order valence-electron chi connectivity index (χ0n) is 27.8. The highest BCUT2D eigenvalue weighted by Crippen LogP contribution is 2.65. The van der Waals surface area contributed by atoms with Crippen LogP contribution in [-0.2, 0) is 23.9 Å². The third kappa shape index (κ3) is 7.40. The molecule has 0 aromatic carbocycles. The lowest BCUT2D eigenvalue weighted by atomic mass is 9.70. The molecule has 3 unspecified atom stereocenters. The minimum Gasteiger partial charge on any atom is -0.382 e. The number of urea groups is 1. The van der Waals surface area contributed by atoms with Crippen LogP contribution in [-0.4, -0.2) is 78.4 Å². The highest BCUT2D eigenvalue weighted by Gasteiger charge is 2.70. The number of likely N-dealkylation sites (tertiary alicyclic amines) is 1. The van der Waals surface area contributed by atoms with E-state index in [1.165, 1.54) is 0 Å². The number of amides is 5. The van der Waals surface area contributed by atoms with Crippen LogP contribution in [0.4, 0.5) is 4.79 Å². The predicted octanol–water partition coefficient (Wildman–Crippen LogP) is 2.90. The van der Waals surface area contributed by atoms with E-state index in [2.05, 4.69) is 50.6 Å². The van der Waals surface area contributed by atoms with Gasteiger partial charge in [0.05, 0.1) is 18.2 Å². The fraction of sp³-hybridized carbons (Fsp3) is 0.848. The summed E-state index contributed by atoms with van der Waals surface area (Å²) >= 11 is 0. The highest BCUT2D eigenvalue weighted by molar-refractivity contribution is 6.37. The van der Waals surface area contributed by atoms with Crippen LogP contribution in [0.25, 0.3) is 0 Å². The molecule has 1 aliphatic heterocycles. The lowest BCUT2D eigenvalue weighted by Gasteiger charge is -2.43. The Hall–Kier alpha value is -2.69. The van der Waals surface area contributed by atoms with E-state index in [4.69, 9.17) is 10.5 Å². The third-order valence-corrected chi connectivity index (χ3v) is 10.9. The predicted molar refractivity (Wildman–Crippen MR) is 166 cm³/mol. The number of fused-ring (bicyclic) bond motifs is 1. The monoisotopic (exact) mass is 617 g/mol. The number of ketones is 1. The van der Waals surface area contributed by atoms with Gasteiger partial charge in [0, 0.05) is 13.7 Å². The van der Waals surface area contributed by atoms with E-state index in [1.54, 1.807) is 12.0 Å². The van der Waals surface area contributed by atoms with Gasteiger partial charge in [-0.1, -0.05) is 66.7 Å². The van der Waals surface area contributed by atoms with Gasteiger partial charge in [-0.25, -0.2) is 4.79 Å². The Balaban J connectivity index is 1.59. The number of hydrogen-bond acceptors (Lipinski definition) is 6. The zero-order chi connectivity index (χ0) is 32.6. The van der Waals surface area contributed by atoms with E-state index >= 15 is 0 Å². The highest BCUT2D eigenvalue weighted by atomic mass is 16.5. The number of rotatable bonds is 14. The SMILES string of the molecule is COC[C@@](C)(CC(C)C)NC(=O)N[C@H](C(=O)N1CC2C([C@H]1C(=O)NC(CC1CC1)C(=O)C(N)=O)C2(C)C)C1(C)CCCCC1. The second-order valence-electron chi connectivity index (χ2n) is 15.7. The molecule has 44 heavy (non-hydrogen) atoms. The summed E-state index contributed by atoms with van der Waals surface area (Å²) < 4.78 is 5.43. The molecule has 4 rings (SSSR count). The van der Waals surface area contributed by atoms with Crippen LogP contribution in [0.2, 0.25) is 0 Å². The number of nitrogens with one attached hydrogen (secondary N) is 3. The topological polar surface area (TPSA) is 160 Å². The number of piperidine rings is 1. The van der Waals surface area contributed by atoms with Crippen LogP contribution in [0.15, 0.2) is 0 Å². The van der Waals surface area contributed by atoms with Crippen molar-refractivity contribution in [1.82, 2.24) is 20.9 Å². The number of methoxy groups -OCH3 is 1. The molecule has 5 amide bonds. The van der Waals surface area contributed by atoms with Crippen molar-refractivity contribution in [2.75, 3.05) is 20.3 Å². The van der Waals surface area contributed by atoms with Gasteiger partial charge in [0.2, 0.25) is 17.6 Å². The van der Waals surface area contributed by atoms with E-state index in [0.717, 1.165) is 44.9 Å². The molecule has 248 valence electrons. The maximum absolute atomic E-state index is 14.6. The van der Waals surface area contributed by atoms with Crippen molar-refractivity contribution in [2.24, 2.45) is 40.2 Å². The van der Waals surface area contributed by atoms with Crippen molar-refractivity contribution in [1.29, 1.82) is 0 Å². The molecular formula is C33H55N5O6. The van der Waals surface area contributed by atoms with Crippen LogP contribution >= 0.6 is 0 Å². The Morgan fingerprint density at radius 1 is 1.02 bits per heavy atom. The van der Waals surface area contributed by atoms with Crippen molar-refractivity contribution >= 4 is 29.5 Å². The molecule has 4 aliphatic rings. The fourth-order valence-corrected chi connectivity index (χ4v) is 8.32. The molecule has 0 aromatic heterocycles. The molecule has 5 N–H and O–H groups in total. The van der Waals surface area contributed by atoms with Gasteiger partial charge < -0.3 is 31.3 Å². The number of nitrogens with two attached hydrogens (primary N) is 1. The summed E-state index contributed by atoms with van der Waals surface area (Å²) in [5.74, 6) is -1.96. The molecule has 1 heterocycles. The van der Waals surface area contributed by atoms with Gasteiger partial charge in [-0.3, -0.25) is 19.2 Å². The van der Waals surface area contributed by atoms with Gasteiger partial charge in [0.15, 0.2) is 0 Å². The molecule has 11 nitrogen and oxygen atoms in total. The number of hydrogen-bond donors (Lipinski definition) is 4. The minimum atomic E-state index is -1.07. The molecule has 0 aromatic rings. The summed E-state index contributed by atoms with van der Waals surface area (Å²) in [6.07, 6.45) is 7.50. The van der Waals surface area contributed by atoms with Crippen molar-refractivity contribution in [2.45, 2.75) is 123 Å². The van der Waals surface area contributed by atoms with Crippen LogP contribution in [0.1, 0.15) is 99.3 Å². The van der Waals surface area contributed by atoms with Gasteiger partial charge in [0.25, 0.3) is 5.91 Å². The maximum atomic E-state index is 14.6. The first kappa shape index (κ1) is 34.2. The van der Waals surface area contributed by atoms with Gasteiger partial charge in [-0.2, -0.15) is 0 Å². The molecular weight excluding hydrogens is 562 g/mol. The summed E-state index contributed by atoms with van der Waals surface area (Å²) in [6, 6.07) is -3.07. The first-order valence-electron chi connectivity index (χ1n) is 16.5. The molecule has 1 saturated heterocycles. The number of primary amides is 1. The number of carbonyl (C=O) groups is 5. The van der Waals surface area contributed by atoms with Crippen molar-refractivity contribution in [3.63, 3.8) is 0 Å². The van der Waals surface area contributed by atoms with E-state index in [-0.39, 0.29) is 29.1 Å². The average Bonchev–Trinajstić information content (AvgIpc) is 3.77. The van der Waals surface area contributed by atoms with E-state index < -0.39 is 52.7 Å². The summed E-state index contributed by atoms with van der Waals surface area (Å²) in [5.41, 5.74) is 4.07. The summed E-state index contributed by atoms with van der Waals surface area (Å²) in [7, 11) is 1.60. The van der Waals surface area contributed by atoms with Crippen LogP contribution in [0, 0.1) is 34.5 Å². The van der Waals surface area contributed by atoms with Crippen LogP contribution in [0.5, 0.6) is 0 Å².